The SMILES string of the molecule is COc1c2c(c(C)c3cc(CN4CCC4)ccc13)C(=O)C1=C(O)[C@]3(O[Si](C)(C)C(C)(C)C)C(=O)c4c(OCc5ccccc5)noc4[C@@H](N(C)C)[C@@H]3C[C@@H]1C2. The van der Waals surface area contributed by atoms with Crippen LogP contribution in [-0.2, 0) is 24.0 Å². The van der Waals surface area contributed by atoms with Gasteiger partial charge in [0.25, 0.3) is 5.88 Å². The quantitative estimate of drug-likeness (QED) is 0.167. The van der Waals surface area contributed by atoms with Crippen LogP contribution in [0.25, 0.3) is 10.8 Å². The largest absolute Gasteiger partial charge is 0.508 e. The fourth-order valence-electron chi connectivity index (χ4n) is 9.23. The number of aliphatic hydroxyl groups is 1. The number of allylic oxidation sites excluding steroid dienone is 1. The molecule has 290 valence electrons. The van der Waals surface area contributed by atoms with Gasteiger partial charge in [0.1, 0.15) is 23.7 Å². The summed E-state index contributed by atoms with van der Waals surface area (Å²) < 4.78 is 25.7. The van der Waals surface area contributed by atoms with E-state index in [1.165, 1.54) is 12.0 Å². The Morgan fingerprint density at radius 1 is 1.04 bits per heavy atom. The zero-order chi connectivity index (χ0) is 39.2. The predicted molar refractivity (Wildman–Crippen MR) is 213 cm³/mol. The summed E-state index contributed by atoms with van der Waals surface area (Å²) >= 11 is 0. The summed E-state index contributed by atoms with van der Waals surface area (Å²) in [5.74, 6) is -0.941. The first-order chi connectivity index (χ1) is 26.1. The highest BCUT2D eigenvalue weighted by atomic mass is 28.4. The molecule has 1 aromatic heterocycles. The summed E-state index contributed by atoms with van der Waals surface area (Å²) in [6.45, 7) is 15.7. The number of Topliss-reactive ketones (excluding diaryl/α,β-unsaturated/α-hetero) is 2. The number of fused-ring (bicyclic) bond motifs is 5. The number of rotatable bonds is 9. The zero-order valence-electron chi connectivity index (χ0n) is 33.5. The van der Waals surface area contributed by atoms with Gasteiger partial charge in [0.05, 0.1) is 13.2 Å². The topological polar surface area (TPSA) is 115 Å². The third-order valence-electron chi connectivity index (χ3n) is 13.1. The molecule has 1 aliphatic heterocycles. The maximum atomic E-state index is 15.5. The average Bonchev–Trinajstić information content (AvgIpc) is 3.53. The van der Waals surface area contributed by atoms with Crippen molar-refractivity contribution in [1.82, 2.24) is 15.0 Å². The number of benzene rings is 3. The van der Waals surface area contributed by atoms with Gasteiger partial charge in [0, 0.05) is 34.5 Å². The molecule has 10 nitrogen and oxygen atoms in total. The Kier molecular flexibility index (Phi) is 9.19. The molecule has 1 saturated heterocycles. The fraction of sp³-hybridized carbons (Fsp3) is 0.477. The molecule has 0 spiro atoms. The first-order valence-corrected chi connectivity index (χ1v) is 22.4. The van der Waals surface area contributed by atoms with E-state index in [9.17, 15) is 5.11 Å². The second kappa shape index (κ2) is 13.4. The molecule has 0 unspecified atom stereocenters. The van der Waals surface area contributed by atoms with Crippen molar-refractivity contribution in [2.45, 2.75) is 89.9 Å². The van der Waals surface area contributed by atoms with Gasteiger partial charge in [-0.05, 0) is 111 Å². The minimum Gasteiger partial charge on any atom is -0.508 e. The number of hydrogen-bond acceptors (Lipinski definition) is 10. The van der Waals surface area contributed by atoms with Crippen LogP contribution in [0.1, 0.15) is 88.4 Å². The lowest BCUT2D eigenvalue weighted by Gasteiger charge is -2.55. The Morgan fingerprint density at radius 3 is 2.40 bits per heavy atom. The van der Waals surface area contributed by atoms with Crippen molar-refractivity contribution in [1.29, 1.82) is 0 Å². The van der Waals surface area contributed by atoms with E-state index in [-0.39, 0.29) is 40.2 Å². The molecule has 0 radical (unpaired) electrons. The number of hydrogen-bond donors (Lipinski definition) is 1. The van der Waals surface area contributed by atoms with Crippen LogP contribution >= 0.6 is 0 Å². The van der Waals surface area contributed by atoms with Crippen LogP contribution < -0.4 is 9.47 Å². The lowest BCUT2D eigenvalue weighted by molar-refractivity contribution is -0.0480. The smallest absolute Gasteiger partial charge is 0.265 e. The van der Waals surface area contributed by atoms with Crippen LogP contribution in [0.3, 0.4) is 0 Å². The first-order valence-electron chi connectivity index (χ1n) is 19.5. The van der Waals surface area contributed by atoms with Crippen molar-refractivity contribution >= 4 is 30.7 Å². The van der Waals surface area contributed by atoms with Gasteiger partial charge in [-0.3, -0.25) is 19.4 Å². The van der Waals surface area contributed by atoms with Crippen LogP contribution in [0, 0.1) is 18.8 Å². The normalized spacial score (nSPS) is 24.0. The number of ketones is 2. The molecule has 1 N–H and O–H groups in total. The maximum absolute atomic E-state index is 15.5. The van der Waals surface area contributed by atoms with E-state index in [0.717, 1.165) is 47.1 Å². The summed E-state index contributed by atoms with van der Waals surface area (Å²) in [4.78, 5) is 35.2. The van der Waals surface area contributed by atoms with Gasteiger partial charge in [-0.15, -0.1) is 0 Å². The summed E-state index contributed by atoms with van der Waals surface area (Å²) in [6, 6.07) is 15.6. The minimum atomic E-state index is -2.84. The third-order valence-corrected chi connectivity index (χ3v) is 17.6. The van der Waals surface area contributed by atoms with Crippen LogP contribution in [-0.4, -0.2) is 79.8 Å². The summed E-state index contributed by atoms with van der Waals surface area (Å²) in [5.41, 5.74) is 2.83. The highest BCUT2D eigenvalue weighted by Gasteiger charge is 2.67. The number of aryl methyl sites for hydroxylation is 1. The number of methoxy groups -OCH3 is 1. The fourth-order valence-corrected chi connectivity index (χ4v) is 10.7. The zero-order valence-corrected chi connectivity index (χ0v) is 34.5. The van der Waals surface area contributed by atoms with Gasteiger partial charge < -0.3 is 23.5 Å². The van der Waals surface area contributed by atoms with Gasteiger partial charge in [-0.1, -0.05) is 63.2 Å². The van der Waals surface area contributed by atoms with E-state index in [2.05, 4.69) is 62.1 Å². The Morgan fingerprint density at radius 2 is 1.76 bits per heavy atom. The molecule has 55 heavy (non-hydrogen) atoms. The molecule has 2 heterocycles. The van der Waals surface area contributed by atoms with Crippen molar-refractivity contribution in [3.8, 4) is 11.6 Å². The number of ether oxygens (including phenoxy) is 2. The summed E-state index contributed by atoms with van der Waals surface area (Å²) in [7, 11) is 2.69. The van der Waals surface area contributed by atoms with Crippen molar-refractivity contribution < 1.29 is 33.1 Å². The molecule has 3 aromatic carbocycles. The molecule has 1 fully saturated rings. The second-order valence-electron chi connectivity index (χ2n) is 17.7. The van der Waals surface area contributed by atoms with E-state index in [0.29, 0.717) is 29.9 Å². The van der Waals surface area contributed by atoms with Gasteiger partial charge in [0.2, 0.25) is 5.78 Å². The number of carbonyl (C=O) groups excluding carboxylic acids is 2. The molecule has 4 aliphatic rings. The Hall–Kier alpha value is -4.29. The molecule has 4 aromatic rings. The monoisotopic (exact) mass is 763 g/mol. The molecule has 4 atom stereocenters. The van der Waals surface area contributed by atoms with E-state index in [1.807, 2.05) is 56.3 Å². The number of carbonyl (C=O) groups is 2. The van der Waals surface area contributed by atoms with Crippen LogP contribution in [0.2, 0.25) is 18.1 Å². The van der Waals surface area contributed by atoms with Gasteiger partial charge in [-0.2, -0.15) is 0 Å². The predicted octanol–water partition coefficient (Wildman–Crippen LogP) is 8.38. The Balaban J connectivity index is 1.32. The Bertz CT molecular complexity index is 2230. The highest BCUT2D eigenvalue weighted by molar-refractivity contribution is 6.74. The van der Waals surface area contributed by atoms with Gasteiger partial charge in [-0.25, -0.2) is 0 Å². The van der Waals surface area contributed by atoms with Crippen LogP contribution in [0.15, 0.2) is 64.4 Å². The highest BCUT2D eigenvalue weighted by Crippen LogP contribution is 2.60. The molecule has 0 saturated carbocycles. The molecule has 8 rings (SSSR count). The maximum Gasteiger partial charge on any atom is 0.265 e. The summed E-state index contributed by atoms with van der Waals surface area (Å²) in [5, 5.41) is 18.9. The number of likely N-dealkylation sites (tertiary alicyclic amines) is 1. The van der Waals surface area contributed by atoms with E-state index in [4.69, 9.17) is 18.4 Å². The van der Waals surface area contributed by atoms with E-state index >= 15 is 9.59 Å². The van der Waals surface area contributed by atoms with Crippen LogP contribution in [0.5, 0.6) is 11.6 Å². The van der Waals surface area contributed by atoms with E-state index < -0.39 is 37.6 Å². The Labute approximate surface area is 324 Å². The lowest BCUT2D eigenvalue weighted by Crippen LogP contribution is -2.65. The average molecular weight is 764 g/mol. The second-order valence-corrected chi connectivity index (χ2v) is 22.4. The third kappa shape index (κ3) is 5.80. The van der Waals surface area contributed by atoms with Crippen LogP contribution in [0.4, 0.5) is 0 Å². The molecule has 3 aliphatic carbocycles. The minimum absolute atomic E-state index is 0.0497. The molecule has 11 heteroatoms. The van der Waals surface area contributed by atoms with Gasteiger partial charge >= 0.3 is 0 Å². The van der Waals surface area contributed by atoms with Crippen molar-refractivity contribution in [2.75, 3.05) is 34.3 Å². The lowest BCUT2D eigenvalue weighted by atomic mass is 9.58. The first kappa shape index (κ1) is 37.6. The molecule has 0 amide bonds. The molecular weight excluding hydrogens is 711 g/mol. The number of aliphatic hydroxyl groups excluding tert-OH is 1. The van der Waals surface area contributed by atoms with Gasteiger partial charge in [0.15, 0.2) is 25.5 Å². The summed E-state index contributed by atoms with van der Waals surface area (Å²) in [6.07, 6.45) is 2.07. The van der Waals surface area contributed by atoms with E-state index in [1.54, 1.807) is 7.11 Å². The molecule has 0 bridgehead atoms. The number of nitrogens with zero attached hydrogens (tertiary/aromatic N) is 3. The van der Waals surface area contributed by atoms with Crippen molar-refractivity contribution in [3.63, 3.8) is 0 Å². The molecular formula is C44H53N3O7Si. The van der Waals surface area contributed by atoms with Crippen molar-refractivity contribution in [3.05, 3.63) is 99.0 Å². The van der Waals surface area contributed by atoms with Crippen molar-refractivity contribution in [2.24, 2.45) is 11.8 Å². The standard InChI is InChI=1S/C44H53N3O7Si/c1-25-30-20-27(23-47-18-13-19-47)16-17-29(30)38(51-7)31-21-28-22-32-36(46(5)6)39-35(42(45-53-39)52-24-26-14-11-10-12-15-26)41(50)44(32,54-55(8,9)43(2,3)4)40(49)34(28)37(48)33(25)31/h10-12,14-17,20,28,32,36,49H,13,18-19,21-24H2,1-9H3/t28-,32-,36-,44-/m0/s1. The number of aromatic nitrogens is 1.